The minimum absolute atomic E-state index is 0.112. The van der Waals surface area contributed by atoms with Crippen molar-refractivity contribution in [2.45, 2.75) is 26.2 Å². The molecule has 2 heterocycles. The second kappa shape index (κ2) is 8.61. The second-order valence-electron chi connectivity index (χ2n) is 4.72. The van der Waals surface area contributed by atoms with Gasteiger partial charge < -0.3 is 10.1 Å². The predicted molar refractivity (Wildman–Crippen MR) is 90.5 cm³/mol. The third-order valence-corrected chi connectivity index (χ3v) is 4.89. The molecule has 0 saturated heterocycles. The molecule has 4 N–H and O–H groups in total. The van der Waals surface area contributed by atoms with Gasteiger partial charge in [-0.3, -0.25) is 10.2 Å². The van der Waals surface area contributed by atoms with Crippen LogP contribution in [0, 0.1) is 0 Å². The van der Waals surface area contributed by atoms with Crippen LogP contribution in [0.5, 0.6) is 0 Å². The van der Waals surface area contributed by atoms with Crippen molar-refractivity contribution < 1.29 is 14.3 Å². The number of hydrazine groups is 1. The van der Waals surface area contributed by atoms with E-state index < -0.39 is 6.09 Å². The number of hydrogen-bond donors (Lipinski definition) is 3. The normalized spacial score (nSPS) is 10.3. The summed E-state index contributed by atoms with van der Waals surface area (Å²) in [5.41, 5.74) is 2.89. The lowest BCUT2D eigenvalue weighted by atomic mass is 10.2. The highest BCUT2D eigenvalue weighted by Crippen LogP contribution is 2.21. The average molecular weight is 354 g/mol. The maximum Gasteiger partial charge on any atom is 0.421 e. The second-order valence-corrected chi connectivity index (χ2v) is 6.83. The molecule has 0 radical (unpaired) electrons. The van der Waals surface area contributed by atoms with Crippen LogP contribution in [0.2, 0.25) is 0 Å². The standard InChI is InChI=1S/C14H18N4O3S2/c1-9(19)16-13-17-10(8-22-13)2-3-11-4-5-12(23-11)6-7-21-14(20)18-15/h4-5,8H,2-3,6-7,15H2,1H3,(H,18,20)(H,16,17,19). The molecule has 0 saturated carbocycles. The summed E-state index contributed by atoms with van der Waals surface area (Å²) >= 11 is 3.12. The molecule has 0 aliphatic heterocycles. The predicted octanol–water partition coefficient (Wildman–Crippen LogP) is 2.09. The summed E-state index contributed by atoms with van der Waals surface area (Å²) in [5.74, 6) is 4.82. The highest BCUT2D eigenvalue weighted by atomic mass is 32.1. The Kier molecular flexibility index (Phi) is 6.51. The first kappa shape index (κ1) is 17.4. The van der Waals surface area contributed by atoms with E-state index in [1.54, 1.807) is 11.3 Å². The SMILES string of the molecule is CC(=O)Nc1nc(CCc2ccc(CCOC(=O)NN)s2)cs1. The Labute approximate surface area is 141 Å². The van der Waals surface area contributed by atoms with Crippen molar-refractivity contribution in [3.8, 4) is 0 Å². The summed E-state index contributed by atoms with van der Waals surface area (Å²) in [6, 6.07) is 4.11. The van der Waals surface area contributed by atoms with Gasteiger partial charge in [0.25, 0.3) is 0 Å². The quantitative estimate of drug-likeness (QED) is 0.401. The maximum atomic E-state index is 11.0. The third-order valence-electron chi connectivity index (χ3n) is 2.88. The highest BCUT2D eigenvalue weighted by molar-refractivity contribution is 7.14. The van der Waals surface area contributed by atoms with E-state index >= 15 is 0 Å². The number of carbonyl (C=O) groups excluding carboxylic acids is 2. The topological polar surface area (TPSA) is 106 Å². The number of amides is 2. The Morgan fingerprint density at radius 3 is 2.70 bits per heavy atom. The molecule has 0 fully saturated rings. The lowest BCUT2D eigenvalue weighted by molar-refractivity contribution is -0.114. The van der Waals surface area contributed by atoms with Gasteiger partial charge in [0.05, 0.1) is 12.3 Å². The monoisotopic (exact) mass is 354 g/mol. The fraction of sp³-hybridized carbons (Fsp3) is 0.357. The molecule has 0 aliphatic rings. The van der Waals surface area contributed by atoms with Crippen LogP contribution in [0.15, 0.2) is 17.5 Å². The fourth-order valence-corrected chi connectivity index (χ4v) is 3.65. The summed E-state index contributed by atoms with van der Waals surface area (Å²) in [6.07, 6.45) is 1.75. The van der Waals surface area contributed by atoms with Crippen molar-refractivity contribution in [2.75, 3.05) is 11.9 Å². The number of carbonyl (C=O) groups is 2. The number of nitrogens with zero attached hydrogens (tertiary/aromatic N) is 1. The number of thiazole rings is 1. The van der Waals surface area contributed by atoms with E-state index in [1.165, 1.54) is 23.1 Å². The van der Waals surface area contributed by atoms with Crippen LogP contribution >= 0.6 is 22.7 Å². The van der Waals surface area contributed by atoms with Crippen LogP contribution in [-0.4, -0.2) is 23.6 Å². The van der Waals surface area contributed by atoms with E-state index in [0.717, 1.165) is 23.4 Å². The van der Waals surface area contributed by atoms with Gasteiger partial charge in [-0.15, -0.1) is 22.7 Å². The average Bonchev–Trinajstić information content (AvgIpc) is 3.13. The summed E-state index contributed by atoms with van der Waals surface area (Å²) in [4.78, 5) is 28.6. The van der Waals surface area contributed by atoms with Gasteiger partial charge in [-0.05, 0) is 25.0 Å². The molecule has 9 heteroatoms. The van der Waals surface area contributed by atoms with Crippen molar-refractivity contribution in [2.24, 2.45) is 5.84 Å². The molecule has 7 nitrogen and oxygen atoms in total. The Balaban J connectivity index is 1.77. The van der Waals surface area contributed by atoms with Gasteiger partial charge in [-0.2, -0.15) is 0 Å². The smallest absolute Gasteiger partial charge is 0.421 e. The molecule has 2 rings (SSSR count). The number of rotatable bonds is 7. The fourth-order valence-electron chi connectivity index (χ4n) is 1.86. The third kappa shape index (κ3) is 5.97. The highest BCUT2D eigenvalue weighted by Gasteiger charge is 2.06. The Hall–Kier alpha value is -1.97. The number of thiophene rings is 1. The minimum atomic E-state index is -0.625. The first-order chi connectivity index (χ1) is 11.1. The summed E-state index contributed by atoms with van der Waals surface area (Å²) in [5, 5.41) is 5.27. The number of nitrogens with one attached hydrogen (secondary N) is 2. The van der Waals surface area contributed by atoms with Gasteiger partial charge >= 0.3 is 6.09 Å². The molecule has 0 aliphatic carbocycles. The van der Waals surface area contributed by atoms with E-state index in [2.05, 4.69) is 16.4 Å². The molecule has 0 aromatic carbocycles. The van der Waals surface area contributed by atoms with Crippen molar-refractivity contribution in [3.63, 3.8) is 0 Å². The molecular formula is C14H18N4O3S2. The lowest BCUT2D eigenvalue weighted by Crippen LogP contribution is -2.31. The van der Waals surface area contributed by atoms with E-state index in [-0.39, 0.29) is 5.91 Å². The number of hydrogen-bond acceptors (Lipinski definition) is 7. The van der Waals surface area contributed by atoms with E-state index in [1.807, 2.05) is 16.9 Å². The number of nitrogens with two attached hydrogens (primary N) is 1. The molecule has 23 heavy (non-hydrogen) atoms. The van der Waals surface area contributed by atoms with E-state index in [9.17, 15) is 9.59 Å². The molecule has 2 aromatic rings. The first-order valence-electron chi connectivity index (χ1n) is 7.00. The number of ether oxygens (including phenoxy) is 1. The molecule has 0 bridgehead atoms. The van der Waals surface area contributed by atoms with Crippen molar-refractivity contribution in [3.05, 3.63) is 33.0 Å². The molecule has 124 valence electrons. The van der Waals surface area contributed by atoms with Crippen LogP contribution < -0.4 is 16.6 Å². The minimum Gasteiger partial charge on any atom is -0.448 e. The van der Waals surface area contributed by atoms with Crippen molar-refractivity contribution in [1.29, 1.82) is 0 Å². The van der Waals surface area contributed by atoms with Crippen LogP contribution in [0.25, 0.3) is 0 Å². The van der Waals surface area contributed by atoms with Crippen molar-refractivity contribution >= 4 is 39.8 Å². The zero-order valence-electron chi connectivity index (χ0n) is 12.6. The molecule has 2 amide bonds. The zero-order chi connectivity index (χ0) is 16.7. The largest absolute Gasteiger partial charge is 0.448 e. The van der Waals surface area contributed by atoms with Gasteiger partial charge in [0.1, 0.15) is 0 Å². The van der Waals surface area contributed by atoms with E-state index in [0.29, 0.717) is 18.2 Å². The summed E-state index contributed by atoms with van der Waals surface area (Å²) in [6.45, 7) is 1.77. The van der Waals surface area contributed by atoms with Gasteiger partial charge in [-0.1, -0.05) is 0 Å². The van der Waals surface area contributed by atoms with Crippen LogP contribution in [0.4, 0.5) is 9.93 Å². The van der Waals surface area contributed by atoms with Gasteiger partial charge in [-0.25, -0.2) is 15.6 Å². The van der Waals surface area contributed by atoms with Crippen LogP contribution in [0.1, 0.15) is 22.4 Å². The number of anilines is 1. The molecule has 0 spiro atoms. The molecule has 0 unspecified atom stereocenters. The molecule has 2 aromatic heterocycles. The Morgan fingerprint density at radius 1 is 1.26 bits per heavy atom. The Morgan fingerprint density at radius 2 is 2.00 bits per heavy atom. The number of aryl methyl sites for hydroxylation is 2. The molecular weight excluding hydrogens is 336 g/mol. The summed E-state index contributed by atoms with van der Waals surface area (Å²) in [7, 11) is 0. The Bertz CT molecular complexity index is 669. The van der Waals surface area contributed by atoms with Gasteiger partial charge in [0, 0.05) is 28.5 Å². The lowest BCUT2D eigenvalue weighted by Gasteiger charge is -2.01. The zero-order valence-corrected chi connectivity index (χ0v) is 14.3. The first-order valence-corrected chi connectivity index (χ1v) is 8.69. The van der Waals surface area contributed by atoms with Gasteiger partial charge in [0.15, 0.2) is 5.13 Å². The van der Waals surface area contributed by atoms with E-state index in [4.69, 9.17) is 10.6 Å². The van der Waals surface area contributed by atoms with Crippen LogP contribution in [0.3, 0.4) is 0 Å². The summed E-state index contributed by atoms with van der Waals surface area (Å²) < 4.78 is 4.86. The van der Waals surface area contributed by atoms with Crippen LogP contribution in [-0.2, 0) is 28.8 Å². The number of aromatic nitrogens is 1. The molecule has 0 atom stereocenters. The van der Waals surface area contributed by atoms with Crippen molar-refractivity contribution in [1.82, 2.24) is 10.4 Å². The maximum absolute atomic E-state index is 11.0. The van der Waals surface area contributed by atoms with Gasteiger partial charge in [0.2, 0.25) is 5.91 Å².